The number of anilines is 2. The largest absolute Gasteiger partial charge is 0.397 e. The number of piperidine rings is 1. The van der Waals surface area contributed by atoms with Crippen LogP contribution in [0.25, 0.3) is 0 Å². The van der Waals surface area contributed by atoms with Crippen LogP contribution in [0.15, 0.2) is 12.1 Å². The molecule has 0 aromatic heterocycles. The summed E-state index contributed by atoms with van der Waals surface area (Å²) in [5, 5.41) is 4.19. The van der Waals surface area contributed by atoms with Crippen LogP contribution in [-0.2, 0) is 0 Å². The first-order valence-electron chi connectivity index (χ1n) is 6.54. The molecular weight excluding hydrogens is 246 g/mol. The summed E-state index contributed by atoms with van der Waals surface area (Å²) in [5.41, 5.74) is 8.78. The molecule has 1 unspecified atom stereocenters. The molecule has 1 aromatic rings. The van der Waals surface area contributed by atoms with Gasteiger partial charge < -0.3 is 16.0 Å². The predicted octanol–water partition coefficient (Wildman–Crippen LogP) is 2.98. The molecule has 3 N–H and O–H groups in total. The van der Waals surface area contributed by atoms with Gasteiger partial charge in [0, 0.05) is 18.1 Å². The minimum absolute atomic E-state index is 0.708. The lowest BCUT2D eigenvalue weighted by molar-refractivity contribution is 0.217. The number of hydrogen-bond donors (Lipinski definition) is 2. The lowest BCUT2D eigenvalue weighted by Gasteiger charge is -2.30. The van der Waals surface area contributed by atoms with Gasteiger partial charge in [0.15, 0.2) is 0 Å². The summed E-state index contributed by atoms with van der Waals surface area (Å²) in [6, 6.07) is 3.86. The van der Waals surface area contributed by atoms with E-state index in [1.165, 1.54) is 25.9 Å². The average Bonchev–Trinajstić information content (AvgIpc) is 2.32. The summed E-state index contributed by atoms with van der Waals surface area (Å²) >= 11 is 6.04. The Kier molecular flexibility index (Phi) is 4.36. The van der Waals surface area contributed by atoms with Gasteiger partial charge in [0.25, 0.3) is 0 Å². The number of halogens is 1. The molecule has 1 aliphatic rings. The van der Waals surface area contributed by atoms with Crippen molar-refractivity contribution in [2.45, 2.75) is 19.8 Å². The molecule has 0 saturated carbocycles. The Bertz CT molecular complexity index is 420. The first kappa shape index (κ1) is 13.5. The number of benzene rings is 1. The van der Waals surface area contributed by atoms with Crippen molar-refractivity contribution in [1.82, 2.24) is 4.90 Å². The van der Waals surface area contributed by atoms with Crippen molar-refractivity contribution in [1.29, 1.82) is 0 Å². The minimum Gasteiger partial charge on any atom is -0.397 e. The standard InChI is InChI=1S/C14H22ClN3/c1-10-6-14(13(16)7-12(10)15)17-8-11-4-3-5-18(2)9-11/h6-7,11,17H,3-5,8-9,16H2,1-2H3. The predicted molar refractivity (Wildman–Crippen MR) is 79.3 cm³/mol. The summed E-state index contributed by atoms with van der Waals surface area (Å²) in [4.78, 5) is 2.40. The average molecular weight is 268 g/mol. The molecule has 1 atom stereocenters. The second kappa shape index (κ2) is 5.81. The Labute approximate surface area is 114 Å². The van der Waals surface area contributed by atoms with E-state index in [2.05, 4.69) is 17.3 Å². The Balaban J connectivity index is 1.95. The normalized spacial score (nSPS) is 20.9. The highest BCUT2D eigenvalue weighted by Gasteiger charge is 2.17. The van der Waals surface area contributed by atoms with E-state index < -0.39 is 0 Å². The van der Waals surface area contributed by atoms with Crippen LogP contribution >= 0.6 is 11.6 Å². The van der Waals surface area contributed by atoms with Crippen LogP contribution in [0.1, 0.15) is 18.4 Å². The van der Waals surface area contributed by atoms with Crippen molar-refractivity contribution in [3.8, 4) is 0 Å². The molecule has 0 amide bonds. The fourth-order valence-electron chi connectivity index (χ4n) is 2.54. The Morgan fingerprint density at radius 1 is 1.50 bits per heavy atom. The van der Waals surface area contributed by atoms with Crippen LogP contribution in [-0.4, -0.2) is 31.6 Å². The molecule has 1 saturated heterocycles. The molecule has 2 rings (SSSR count). The highest BCUT2D eigenvalue weighted by molar-refractivity contribution is 6.31. The van der Waals surface area contributed by atoms with Crippen LogP contribution in [0.5, 0.6) is 0 Å². The zero-order valence-electron chi connectivity index (χ0n) is 11.2. The van der Waals surface area contributed by atoms with Gasteiger partial charge in [-0.1, -0.05) is 11.6 Å². The molecule has 0 bridgehead atoms. The Morgan fingerprint density at radius 2 is 2.28 bits per heavy atom. The van der Waals surface area contributed by atoms with Gasteiger partial charge in [-0.3, -0.25) is 0 Å². The summed E-state index contributed by atoms with van der Waals surface area (Å²) < 4.78 is 0. The third kappa shape index (κ3) is 3.30. The maximum absolute atomic E-state index is 6.04. The van der Waals surface area contributed by atoms with Gasteiger partial charge in [0.05, 0.1) is 11.4 Å². The number of nitrogen functional groups attached to an aromatic ring is 1. The fraction of sp³-hybridized carbons (Fsp3) is 0.571. The zero-order chi connectivity index (χ0) is 13.1. The SMILES string of the molecule is Cc1cc(NCC2CCCN(C)C2)c(N)cc1Cl. The van der Waals surface area contributed by atoms with Gasteiger partial charge in [-0.15, -0.1) is 0 Å². The molecule has 0 aliphatic carbocycles. The minimum atomic E-state index is 0.708. The van der Waals surface area contributed by atoms with E-state index in [1.807, 2.05) is 19.1 Å². The molecule has 0 spiro atoms. The summed E-state index contributed by atoms with van der Waals surface area (Å²) in [6.45, 7) is 5.37. The van der Waals surface area contributed by atoms with Gasteiger partial charge in [-0.25, -0.2) is 0 Å². The summed E-state index contributed by atoms with van der Waals surface area (Å²) in [5.74, 6) is 0.708. The third-order valence-electron chi connectivity index (χ3n) is 3.63. The van der Waals surface area contributed by atoms with Gasteiger partial charge in [-0.2, -0.15) is 0 Å². The van der Waals surface area contributed by atoms with Crippen molar-refractivity contribution in [3.63, 3.8) is 0 Å². The van der Waals surface area contributed by atoms with Crippen molar-refractivity contribution >= 4 is 23.0 Å². The topological polar surface area (TPSA) is 41.3 Å². The number of nitrogens with two attached hydrogens (primary N) is 1. The molecule has 4 heteroatoms. The Hall–Kier alpha value is -0.930. The number of nitrogens with zero attached hydrogens (tertiary/aromatic N) is 1. The van der Waals surface area contributed by atoms with E-state index in [-0.39, 0.29) is 0 Å². The lowest BCUT2D eigenvalue weighted by atomic mass is 9.98. The van der Waals surface area contributed by atoms with E-state index in [1.54, 1.807) is 0 Å². The third-order valence-corrected chi connectivity index (χ3v) is 4.04. The maximum atomic E-state index is 6.04. The van der Waals surface area contributed by atoms with Gasteiger partial charge in [0.1, 0.15) is 0 Å². The van der Waals surface area contributed by atoms with E-state index in [0.29, 0.717) is 5.92 Å². The van der Waals surface area contributed by atoms with E-state index in [0.717, 1.165) is 28.5 Å². The number of likely N-dealkylation sites (tertiary alicyclic amines) is 1. The molecule has 100 valence electrons. The molecule has 3 nitrogen and oxygen atoms in total. The second-order valence-electron chi connectivity index (χ2n) is 5.34. The molecule has 0 radical (unpaired) electrons. The van der Waals surface area contributed by atoms with E-state index in [4.69, 9.17) is 17.3 Å². The van der Waals surface area contributed by atoms with Crippen molar-refractivity contribution in [2.24, 2.45) is 5.92 Å². The van der Waals surface area contributed by atoms with Gasteiger partial charge in [0.2, 0.25) is 0 Å². The molecule has 18 heavy (non-hydrogen) atoms. The first-order valence-corrected chi connectivity index (χ1v) is 6.92. The Morgan fingerprint density at radius 3 is 3.00 bits per heavy atom. The highest BCUT2D eigenvalue weighted by Crippen LogP contribution is 2.27. The van der Waals surface area contributed by atoms with E-state index >= 15 is 0 Å². The van der Waals surface area contributed by atoms with Crippen LogP contribution in [0, 0.1) is 12.8 Å². The van der Waals surface area contributed by atoms with Crippen LogP contribution in [0.4, 0.5) is 11.4 Å². The van der Waals surface area contributed by atoms with Crippen LogP contribution in [0.3, 0.4) is 0 Å². The van der Waals surface area contributed by atoms with Crippen molar-refractivity contribution in [2.75, 3.05) is 37.7 Å². The van der Waals surface area contributed by atoms with Crippen molar-refractivity contribution in [3.05, 3.63) is 22.7 Å². The molecule has 1 aromatic carbocycles. The number of hydrogen-bond acceptors (Lipinski definition) is 3. The lowest BCUT2D eigenvalue weighted by Crippen LogP contribution is -2.35. The molecule has 1 fully saturated rings. The number of rotatable bonds is 3. The van der Waals surface area contributed by atoms with Crippen molar-refractivity contribution < 1.29 is 0 Å². The maximum Gasteiger partial charge on any atom is 0.0577 e. The second-order valence-corrected chi connectivity index (χ2v) is 5.75. The first-order chi connectivity index (χ1) is 8.56. The van der Waals surface area contributed by atoms with Gasteiger partial charge in [-0.05, 0) is 57.0 Å². The smallest absolute Gasteiger partial charge is 0.0577 e. The molecule has 1 aliphatic heterocycles. The molecular formula is C14H22ClN3. The molecule has 1 heterocycles. The van der Waals surface area contributed by atoms with Gasteiger partial charge >= 0.3 is 0 Å². The van der Waals surface area contributed by atoms with E-state index in [9.17, 15) is 0 Å². The van der Waals surface area contributed by atoms with Crippen LogP contribution in [0.2, 0.25) is 5.02 Å². The summed E-state index contributed by atoms with van der Waals surface area (Å²) in [7, 11) is 2.19. The number of aryl methyl sites for hydroxylation is 1. The monoisotopic (exact) mass is 267 g/mol. The summed E-state index contributed by atoms with van der Waals surface area (Å²) in [6.07, 6.45) is 2.59. The zero-order valence-corrected chi connectivity index (χ0v) is 11.9. The fourth-order valence-corrected chi connectivity index (χ4v) is 2.72. The van der Waals surface area contributed by atoms with Crippen LogP contribution < -0.4 is 11.1 Å². The number of nitrogens with one attached hydrogen (secondary N) is 1. The quantitative estimate of drug-likeness (QED) is 0.828. The highest BCUT2D eigenvalue weighted by atomic mass is 35.5.